The molecule has 1 saturated heterocycles. The van der Waals surface area contributed by atoms with Crippen LogP contribution in [0.4, 0.5) is 15.8 Å². The van der Waals surface area contributed by atoms with Crippen molar-refractivity contribution in [2.24, 2.45) is 0 Å². The average Bonchev–Trinajstić information content (AvgIpc) is 3.23. The van der Waals surface area contributed by atoms with Crippen LogP contribution in [0.15, 0.2) is 48.8 Å². The van der Waals surface area contributed by atoms with E-state index in [0.29, 0.717) is 11.3 Å². The Kier molecular flexibility index (Phi) is 5.27. The molecule has 0 aliphatic carbocycles. The number of anilines is 2. The van der Waals surface area contributed by atoms with E-state index in [1.165, 1.54) is 24.9 Å². The van der Waals surface area contributed by atoms with Gasteiger partial charge in [-0.2, -0.15) is 0 Å². The van der Waals surface area contributed by atoms with Crippen molar-refractivity contribution in [1.82, 2.24) is 20.2 Å². The van der Waals surface area contributed by atoms with Gasteiger partial charge in [0.05, 0.1) is 23.5 Å². The first-order chi connectivity index (χ1) is 13.7. The van der Waals surface area contributed by atoms with Gasteiger partial charge in [0, 0.05) is 13.1 Å². The summed E-state index contributed by atoms with van der Waals surface area (Å²) in [5.74, 6) is -0.544. The lowest BCUT2D eigenvalue weighted by Crippen LogP contribution is -2.30. The highest BCUT2D eigenvalue weighted by molar-refractivity contribution is 5.96. The summed E-state index contributed by atoms with van der Waals surface area (Å²) in [6.07, 6.45) is 5.10. The van der Waals surface area contributed by atoms with E-state index in [4.69, 9.17) is 0 Å². The van der Waals surface area contributed by atoms with Crippen LogP contribution in [-0.4, -0.2) is 39.2 Å². The summed E-state index contributed by atoms with van der Waals surface area (Å²) in [5, 5.41) is 14.2. The van der Waals surface area contributed by atoms with Crippen molar-refractivity contribution in [3.05, 3.63) is 60.2 Å². The summed E-state index contributed by atoms with van der Waals surface area (Å²) >= 11 is 0. The van der Waals surface area contributed by atoms with Crippen molar-refractivity contribution in [3.63, 3.8) is 0 Å². The largest absolute Gasteiger partial charge is 0.370 e. The monoisotopic (exact) mass is 380 g/mol. The Morgan fingerprint density at radius 3 is 2.71 bits per heavy atom. The molecule has 2 heterocycles. The highest BCUT2D eigenvalue weighted by Gasteiger charge is 2.17. The van der Waals surface area contributed by atoms with Gasteiger partial charge in [-0.05, 0) is 65.6 Å². The van der Waals surface area contributed by atoms with Crippen LogP contribution < -0.4 is 10.2 Å². The number of carbonyl (C=O) groups is 1. The van der Waals surface area contributed by atoms with Gasteiger partial charge in [0.25, 0.3) is 0 Å². The van der Waals surface area contributed by atoms with Gasteiger partial charge in [-0.3, -0.25) is 4.79 Å². The van der Waals surface area contributed by atoms with Gasteiger partial charge < -0.3 is 10.2 Å². The molecule has 1 fully saturated rings. The Balaban J connectivity index is 1.60. The first-order valence-corrected chi connectivity index (χ1v) is 9.36. The lowest BCUT2D eigenvalue weighted by molar-refractivity contribution is -0.115. The third-order valence-corrected chi connectivity index (χ3v) is 4.82. The lowest BCUT2D eigenvalue weighted by Gasteiger charge is -2.30. The molecule has 0 unspecified atom stereocenters. The fraction of sp³-hybridized carbons (Fsp3) is 0.300. The van der Waals surface area contributed by atoms with E-state index in [-0.39, 0.29) is 18.1 Å². The number of nitrogens with one attached hydrogen (secondary N) is 1. The minimum atomic E-state index is -0.347. The predicted molar refractivity (Wildman–Crippen MR) is 104 cm³/mol. The summed E-state index contributed by atoms with van der Waals surface area (Å²) in [4.78, 5) is 14.9. The smallest absolute Gasteiger partial charge is 0.228 e. The maximum absolute atomic E-state index is 13.4. The number of amides is 1. The molecule has 1 aliphatic heterocycles. The van der Waals surface area contributed by atoms with Crippen molar-refractivity contribution >= 4 is 17.3 Å². The number of nitrogens with zero attached hydrogens (tertiary/aromatic N) is 5. The molecule has 0 atom stereocenters. The summed E-state index contributed by atoms with van der Waals surface area (Å²) < 4.78 is 14.9. The second-order valence-electron chi connectivity index (χ2n) is 6.86. The predicted octanol–water partition coefficient (Wildman–Crippen LogP) is 2.97. The van der Waals surface area contributed by atoms with E-state index in [1.54, 1.807) is 16.8 Å². The molecule has 1 amide bonds. The van der Waals surface area contributed by atoms with Crippen molar-refractivity contribution in [2.45, 2.75) is 25.7 Å². The highest BCUT2D eigenvalue weighted by Crippen LogP contribution is 2.30. The van der Waals surface area contributed by atoms with Gasteiger partial charge in [-0.1, -0.05) is 12.1 Å². The fourth-order valence-electron chi connectivity index (χ4n) is 3.48. The molecule has 2 aromatic carbocycles. The molecule has 0 bridgehead atoms. The Morgan fingerprint density at radius 1 is 1.11 bits per heavy atom. The molecule has 144 valence electrons. The Labute approximate surface area is 162 Å². The van der Waals surface area contributed by atoms with Crippen LogP contribution >= 0.6 is 0 Å². The SMILES string of the molecule is O=C(Cc1cccc(F)c1)Nc1cc(-n2cnnn2)ccc1N1CCCCC1. The topological polar surface area (TPSA) is 75.9 Å². The van der Waals surface area contributed by atoms with Crippen LogP contribution in [0.5, 0.6) is 0 Å². The molecule has 7 nitrogen and oxygen atoms in total. The zero-order chi connectivity index (χ0) is 19.3. The highest BCUT2D eigenvalue weighted by atomic mass is 19.1. The summed E-state index contributed by atoms with van der Waals surface area (Å²) in [6.45, 7) is 1.91. The molecule has 0 radical (unpaired) electrons. The number of hydrogen-bond donors (Lipinski definition) is 1. The van der Waals surface area contributed by atoms with Crippen molar-refractivity contribution < 1.29 is 9.18 Å². The molecule has 1 aromatic heterocycles. The molecule has 0 spiro atoms. The number of rotatable bonds is 5. The van der Waals surface area contributed by atoms with E-state index in [2.05, 4.69) is 25.7 Å². The average molecular weight is 380 g/mol. The number of hydrogen-bond acceptors (Lipinski definition) is 5. The second-order valence-corrected chi connectivity index (χ2v) is 6.86. The van der Waals surface area contributed by atoms with Gasteiger partial charge in [-0.15, -0.1) is 5.10 Å². The Morgan fingerprint density at radius 2 is 1.96 bits per heavy atom. The zero-order valence-electron chi connectivity index (χ0n) is 15.4. The van der Waals surface area contributed by atoms with E-state index in [9.17, 15) is 9.18 Å². The van der Waals surface area contributed by atoms with Gasteiger partial charge in [0.2, 0.25) is 5.91 Å². The number of piperidine rings is 1. The molecule has 1 N–H and O–H groups in total. The van der Waals surface area contributed by atoms with E-state index < -0.39 is 0 Å². The summed E-state index contributed by atoms with van der Waals surface area (Å²) in [5.41, 5.74) is 3.07. The molecule has 1 aliphatic rings. The second kappa shape index (κ2) is 8.16. The fourth-order valence-corrected chi connectivity index (χ4v) is 3.48. The first-order valence-electron chi connectivity index (χ1n) is 9.36. The van der Waals surface area contributed by atoms with Crippen molar-refractivity contribution in [1.29, 1.82) is 0 Å². The lowest BCUT2D eigenvalue weighted by atomic mass is 10.1. The van der Waals surface area contributed by atoms with Gasteiger partial charge >= 0.3 is 0 Å². The van der Waals surface area contributed by atoms with Crippen LogP contribution in [0.25, 0.3) is 5.69 Å². The van der Waals surface area contributed by atoms with Crippen LogP contribution in [0.1, 0.15) is 24.8 Å². The third-order valence-electron chi connectivity index (χ3n) is 4.82. The minimum absolute atomic E-state index is 0.103. The number of carbonyl (C=O) groups excluding carboxylic acids is 1. The molecule has 8 heteroatoms. The minimum Gasteiger partial charge on any atom is -0.370 e. The maximum Gasteiger partial charge on any atom is 0.228 e. The molecular formula is C20H21FN6O. The number of aromatic nitrogens is 4. The molecular weight excluding hydrogens is 359 g/mol. The summed E-state index contributed by atoms with van der Waals surface area (Å²) in [7, 11) is 0. The molecule has 3 aromatic rings. The molecule has 28 heavy (non-hydrogen) atoms. The number of tetrazole rings is 1. The van der Waals surface area contributed by atoms with Crippen LogP contribution in [-0.2, 0) is 11.2 Å². The van der Waals surface area contributed by atoms with Gasteiger partial charge in [-0.25, -0.2) is 9.07 Å². The Bertz CT molecular complexity index is 953. The Hall–Kier alpha value is -3.29. The van der Waals surface area contributed by atoms with Gasteiger partial charge in [0.15, 0.2) is 0 Å². The molecule has 4 rings (SSSR count). The van der Waals surface area contributed by atoms with Crippen LogP contribution in [0.2, 0.25) is 0 Å². The van der Waals surface area contributed by atoms with Gasteiger partial charge in [0.1, 0.15) is 12.1 Å². The normalized spacial score (nSPS) is 14.1. The quantitative estimate of drug-likeness (QED) is 0.736. The van der Waals surface area contributed by atoms with E-state index in [0.717, 1.165) is 37.3 Å². The number of halogens is 1. The van der Waals surface area contributed by atoms with E-state index >= 15 is 0 Å². The maximum atomic E-state index is 13.4. The van der Waals surface area contributed by atoms with Crippen LogP contribution in [0, 0.1) is 5.82 Å². The molecule has 0 saturated carbocycles. The zero-order valence-corrected chi connectivity index (χ0v) is 15.4. The van der Waals surface area contributed by atoms with Crippen molar-refractivity contribution in [3.8, 4) is 5.69 Å². The third kappa shape index (κ3) is 4.16. The number of benzene rings is 2. The van der Waals surface area contributed by atoms with E-state index in [1.807, 2.05) is 18.2 Å². The summed E-state index contributed by atoms with van der Waals surface area (Å²) in [6, 6.07) is 11.9. The van der Waals surface area contributed by atoms with Crippen molar-refractivity contribution in [2.75, 3.05) is 23.3 Å². The standard InChI is InChI=1S/C20H21FN6O/c21-16-6-4-5-15(11-16)12-20(28)23-18-13-17(27-14-22-24-25-27)7-8-19(18)26-9-2-1-3-10-26/h4-8,11,13-14H,1-3,9-10,12H2,(H,23,28). The first kappa shape index (κ1) is 18.1. The van der Waals surface area contributed by atoms with Crippen LogP contribution in [0.3, 0.4) is 0 Å².